The lowest BCUT2D eigenvalue weighted by atomic mass is 10.1. The van der Waals surface area contributed by atoms with Crippen LogP contribution in [-0.4, -0.2) is 35.7 Å². The molecule has 0 aliphatic carbocycles. The number of hydrogen-bond donors (Lipinski definition) is 1. The van der Waals surface area contributed by atoms with Gasteiger partial charge in [0.1, 0.15) is 23.0 Å². The minimum atomic E-state index is -0.736. The van der Waals surface area contributed by atoms with Crippen molar-refractivity contribution in [2.45, 2.75) is 26.9 Å². The Kier molecular flexibility index (Phi) is 8.95. The highest BCUT2D eigenvalue weighted by atomic mass is 79.9. The number of carbonyl (C=O) groups is 2. The average molecular weight is 546 g/mol. The molecule has 1 heterocycles. The number of amides is 1. The summed E-state index contributed by atoms with van der Waals surface area (Å²) in [6, 6.07) is 13.3. The SMILES string of the molecule is CCOC(=O)C1=C(O)/C(=C/c2cc(OC)c(OCc3ccccc3)cc2Br)SC1=NC(=O)CC. The summed E-state index contributed by atoms with van der Waals surface area (Å²) in [5, 5.41) is 10.9. The van der Waals surface area contributed by atoms with Gasteiger partial charge in [0.2, 0.25) is 5.91 Å². The van der Waals surface area contributed by atoms with Crippen molar-refractivity contribution in [3.8, 4) is 11.5 Å². The Bertz CT molecular complexity index is 1170. The van der Waals surface area contributed by atoms with E-state index in [1.165, 1.54) is 7.11 Å². The van der Waals surface area contributed by atoms with E-state index in [1.807, 2.05) is 30.3 Å². The van der Waals surface area contributed by atoms with Crippen LogP contribution in [0.15, 0.2) is 68.2 Å². The predicted molar refractivity (Wildman–Crippen MR) is 136 cm³/mol. The number of aliphatic imine (C=N–C) groups is 1. The van der Waals surface area contributed by atoms with Gasteiger partial charge >= 0.3 is 5.97 Å². The number of rotatable bonds is 8. The highest BCUT2D eigenvalue weighted by Gasteiger charge is 2.33. The number of nitrogens with zero attached hydrogens (tertiary/aromatic N) is 1. The Hall–Kier alpha value is -3.04. The molecule has 0 radical (unpaired) electrons. The van der Waals surface area contributed by atoms with Gasteiger partial charge in [0, 0.05) is 10.9 Å². The summed E-state index contributed by atoms with van der Waals surface area (Å²) in [6.07, 6.45) is 1.85. The molecular formula is C25H24BrNO6S. The fourth-order valence-corrected chi connectivity index (χ4v) is 4.45. The summed E-state index contributed by atoms with van der Waals surface area (Å²) in [5.74, 6) is -0.386. The van der Waals surface area contributed by atoms with Crippen LogP contribution in [-0.2, 0) is 20.9 Å². The highest BCUT2D eigenvalue weighted by Crippen LogP contribution is 2.42. The van der Waals surface area contributed by atoms with Crippen molar-refractivity contribution in [3.05, 3.63) is 74.3 Å². The summed E-state index contributed by atoms with van der Waals surface area (Å²) >= 11 is 4.56. The van der Waals surface area contributed by atoms with Gasteiger partial charge < -0.3 is 19.3 Å². The third kappa shape index (κ3) is 6.09. The minimum Gasteiger partial charge on any atom is -0.506 e. The lowest BCUT2D eigenvalue weighted by Crippen LogP contribution is -2.14. The Labute approximate surface area is 210 Å². The Balaban J connectivity index is 1.95. The fraction of sp³-hybridized carbons (Fsp3) is 0.240. The summed E-state index contributed by atoms with van der Waals surface area (Å²) in [7, 11) is 1.54. The third-order valence-corrected chi connectivity index (χ3v) is 6.41. The number of hydrogen-bond acceptors (Lipinski definition) is 7. The van der Waals surface area contributed by atoms with E-state index in [0.717, 1.165) is 17.3 Å². The Morgan fingerprint density at radius 2 is 1.88 bits per heavy atom. The summed E-state index contributed by atoms with van der Waals surface area (Å²) in [4.78, 5) is 28.6. The normalized spacial score (nSPS) is 15.6. The van der Waals surface area contributed by atoms with Gasteiger partial charge in [-0.3, -0.25) is 4.79 Å². The maximum absolute atomic E-state index is 12.4. The second-order valence-electron chi connectivity index (χ2n) is 7.02. The van der Waals surface area contributed by atoms with Crippen molar-refractivity contribution in [1.29, 1.82) is 0 Å². The van der Waals surface area contributed by atoms with Gasteiger partial charge in [-0.15, -0.1) is 0 Å². The Morgan fingerprint density at radius 3 is 2.53 bits per heavy atom. The van der Waals surface area contributed by atoms with E-state index in [2.05, 4.69) is 20.9 Å². The molecule has 2 aromatic carbocycles. The molecule has 178 valence electrons. The highest BCUT2D eigenvalue weighted by molar-refractivity contribution is 9.10. The molecule has 0 unspecified atom stereocenters. The molecule has 34 heavy (non-hydrogen) atoms. The second kappa shape index (κ2) is 11.9. The van der Waals surface area contributed by atoms with E-state index in [4.69, 9.17) is 14.2 Å². The molecule has 0 saturated carbocycles. The quantitative estimate of drug-likeness (QED) is 0.416. The lowest BCUT2D eigenvalue weighted by molar-refractivity contribution is -0.138. The summed E-state index contributed by atoms with van der Waals surface area (Å²) in [5.41, 5.74) is 1.57. The first kappa shape index (κ1) is 25.6. The van der Waals surface area contributed by atoms with Gasteiger partial charge in [-0.05, 0) is 36.3 Å². The number of methoxy groups -OCH3 is 1. The Morgan fingerprint density at radius 1 is 1.15 bits per heavy atom. The monoisotopic (exact) mass is 545 g/mol. The van der Waals surface area contributed by atoms with E-state index >= 15 is 0 Å². The van der Waals surface area contributed by atoms with E-state index in [0.29, 0.717) is 33.0 Å². The average Bonchev–Trinajstić information content (AvgIpc) is 3.14. The molecule has 2 aromatic rings. The molecule has 1 aliphatic rings. The van der Waals surface area contributed by atoms with E-state index in [9.17, 15) is 14.7 Å². The number of thioether (sulfide) groups is 1. The summed E-state index contributed by atoms with van der Waals surface area (Å²) in [6.45, 7) is 3.83. The van der Waals surface area contributed by atoms with Crippen LogP contribution >= 0.6 is 27.7 Å². The van der Waals surface area contributed by atoms with Crippen molar-refractivity contribution in [2.75, 3.05) is 13.7 Å². The molecule has 0 spiro atoms. The van der Waals surface area contributed by atoms with Crippen LogP contribution in [0.25, 0.3) is 6.08 Å². The molecule has 0 atom stereocenters. The first-order chi connectivity index (χ1) is 16.4. The third-order valence-electron chi connectivity index (χ3n) is 4.71. The number of ether oxygens (including phenoxy) is 3. The number of aliphatic hydroxyl groups is 1. The van der Waals surface area contributed by atoms with E-state index in [-0.39, 0.29) is 29.4 Å². The molecule has 7 nitrogen and oxygen atoms in total. The smallest absolute Gasteiger partial charge is 0.344 e. The van der Waals surface area contributed by atoms with Crippen molar-refractivity contribution in [1.82, 2.24) is 0 Å². The van der Waals surface area contributed by atoms with Gasteiger partial charge in [-0.2, -0.15) is 0 Å². The molecule has 0 saturated heterocycles. The van der Waals surface area contributed by atoms with Crippen molar-refractivity contribution < 1.29 is 28.9 Å². The second-order valence-corrected chi connectivity index (χ2v) is 8.90. The number of benzene rings is 2. The maximum Gasteiger partial charge on any atom is 0.344 e. The fourth-order valence-electron chi connectivity index (χ4n) is 2.99. The van der Waals surface area contributed by atoms with Gasteiger partial charge in [0.05, 0.1) is 18.6 Å². The minimum absolute atomic E-state index is 0.111. The molecule has 1 aliphatic heterocycles. The molecule has 1 N–H and O–H groups in total. The molecule has 0 aromatic heterocycles. The summed E-state index contributed by atoms with van der Waals surface area (Å²) < 4.78 is 17.2. The molecule has 3 rings (SSSR count). The van der Waals surface area contributed by atoms with Crippen LogP contribution in [0.2, 0.25) is 0 Å². The number of halogens is 1. The van der Waals surface area contributed by atoms with Crippen LogP contribution in [0, 0.1) is 0 Å². The zero-order valence-corrected chi connectivity index (χ0v) is 21.4. The molecule has 0 fully saturated rings. The predicted octanol–water partition coefficient (Wildman–Crippen LogP) is 5.83. The first-order valence-electron chi connectivity index (χ1n) is 10.5. The van der Waals surface area contributed by atoms with Gasteiger partial charge in [0.15, 0.2) is 11.5 Å². The van der Waals surface area contributed by atoms with Gasteiger partial charge in [-0.25, -0.2) is 9.79 Å². The zero-order chi connectivity index (χ0) is 24.7. The number of esters is 1. The van der Waals surface area contributed by atoms with E-state index in [1.54, 1.807) is 32.1 Å². The van der Waals surface area contributed by atoms with Crippen LogP contribution in [0.1, 0.15) is 31.4 Å². The van der Waals surface area contributed by atoms with Crippen molar-refractivity contribution in [2.24, 2.45) is 4.99 Å². The zero-order valence-electron chi connectivity index (χ0n) is 19.0. The van der Waals surface area contributed by atoms with Crippen LogP contribution in [0.4, 0.5) is 0 Å². The van der Waals surface area contributed by atoms with Crippen molar-refractivity contribution >= 4 is 50.7 Å². The van der Waals surface area contributed by atoms with Crippen LogP contribution in [0.3, 0.4) is 0 Å². The maximum atomic E-state index is 12.4. The molecule has 0 bridgehead atoms. The largest absolute Gasteiger partial charge is 0.506 e. The van der Waals surface area contributed by atoms with Gasteiger partial charge in [-0.1, -0.05) is 64.9 Å². The van der Waals surface area contributed by atoms with Crippen LogP contribution in [0.5, 0.6) is 11.5 Å². The molecule has 1 amide bonds. The topological polar surface area (TPSA) is 94.4 Å². The standard InChI is InChI=1S/C25H24BrNO6S/c1-4-21(28)27-24-22(25(30)32-5-2)23(29)20(34-24)12-16-11-18(31-3)19(13-17(16)26)33-14-15-9-7-6-8-10-15/h6-13,29H,4-5,14H2,1-3H3/b20-12-,27-24?. The van der Waals surface area contributed by atoms with Crippen LogP contribution < -0.4 is 9.47 Å². The number of carbonyl (C=O) groups excluding carboxylic acids is 2. The first-order valence-corrected chi connectivity index (χ1v) is 12.1. The van der Waals surface area contributed by atoms with Gasteiger partial charge in [0.25, 0.3) is 0 Å². The lowest BCUT2D eigenvalue weighted by Gasteiger charge is -2.13. The molecular weight excluding hydrogens is 522 g/mol. The van der Waals surface area contributed by atoms with Crippen molar-refractivity contribution in [3.63, 3.8) is 0 Å². The van der Waals surface area contributed by atoms with E-state index < -0.39 is 11.9 Å². The number of aliphatic hydroxyl groups excluding tert-OH is 1. The molecule has 9 heteroatoms.